The molecule has 3 nitrogen and oxygen atoms in total. The molecule has 0 aromatic carbocycles. The second-order valence-corrected chi connectivity index (χ2v) is 6.07. The van der Waals surface area contributed by atoms with E-state index in [9.17, 15) is 0 Å². The Hall–Kier alpha value is 0.0969. The number of rotatable bonds is 10. The van der Waals surface area contributed by atoms with Gasteiger partial charge in [-0.3, -0.25) is 0 Å². The third-order valence-corrected chi connectivity index (χ3v) is 3.50. The van der Waals surface area contributed by atoms with E-state index in [0.717, 1.165) is 36.4 Å². The normalized spacial score (nSPS) is 12.2. The first-order valence-electron chi connectivity index (χ1n) is 6.39. The van der Waals surface area contributed by atoms with Crippen molar-refractivity contribution in [1.29, 1.82) is 0 Å². The molecule has 0 heterocycles. The molecule has 0 aromatic rings. The average Bonchev–Trinajstić information content (AvgIpc) is 2.24. The van der Waals surface area contributed by atoms with Crippen LogP contribution in [0.4, 0.5) is 0 Å². The second kappa shape index (κ2) is 9.33. The highest BCUT2D eigenvalue weighted by molar-refractivity contribution is 6.15. The molecule has 0 bridgehead atoms. The summed E-state index contributed by atoms with van der Waals surface area (Å²) in [5.74, 6) is 0. The summed E-state index contributed by atoms with van der Waals surface area (Å²) >= 11 is 0. The molecule has 15 heavy (non-hydrogen) atoms. The van der Waals surface area contributed by atoms with Crippen LogP contribution in [-0.4, -0.2) is 41.7 Å². The Morgan fingerprint density at radius 2 is 1.33 bits per heavy atom. The van der Waals surface area contributed by atoms with E-state index in [2.05, 4.69) is 36.7 Å². The van der Waals surface area contributed by atoms with Gasteiger partial charge in [-0.2, -0.15) is 0 Å². The highest BCUT2D eigenvalue weighted by atomic mass is 28.1. The van der Waals surface area contributed by atoms with Crippen LogP contribution in [0.25, 0.3) is 0 Å². The van der Waals surface area contributed by atoms with Gasteiger partial charge in [-0.25, -0.2) is 0 Å². The topological polar surface area (TPSA) is 36.1 Å². The molecule has 0 aliphatic carbocycles. The van der Waals surface area contributed by atoms with Crippen LogP contribution in [0, 0.1) is 0 Å². The first-order valence-corrected chi connectivity index (χ1v) is 7.39. The Labute approximate surface area is 98.2 Å². The maximum Gasteiger partial charge on any atom is 0.0596 e. The van der Waals surface area contributed by atoms with Crippen molar-refractivity contribution in [2.24, 2.45) is 0 Å². The summed E-state index contributed by atoms with van der Waals surface area (Å²) in [4.78, 5) is 0. The molecular weight excluding hydrogens is 202 g/mol. The van der Waals surface area contributed by atoms with E-state index in [1.54, 1.807) is 0 Å². The number of hydrogen-bond donors (Lipinski definition) is 3. The molecular formula is C11H29N3Si. The lowest BCUT2D eigenvalue weighted by Crippen LogP contribution is -2.63. The predicted octanol–water partition coefficient (Wildman–Crippen LogP) is 0.00440. The third kappa shape index (κ3) is 7.96. The van der Waals surface area contributed by atoms with E-state index in [0.29, 0.717) is 0 Å². The van der Waals surface area contributed by atoms with Crippen LogP contribution in [0.5, 0.6) is 0 Å². The summed E-state index contributed by atoms with van der Waals surface area (Å²) in [6.07, 6.45) is 3.61. The van der Waals surface area contributed by atoms with Gasteiger partial charge in [-0.15, -0.1) is 0 Å². The fraction of sp³-hybridized carbons (Fsp3) is 1.00. The highest BCUT2D eigenvalue weighted by Gasteiger charge is 2.20. The minimum Gasteiger partial charge on any atom is -0.314 e. The van der Waals surface area contributed by atoms with E-state index in [4.69, 9.17) is 0 Å². The first kappa shape index (κ1) is 15.1. The molecule has 0 aliphatic rings. The Bertz CT molecular complexity index is 134. The van der Waals surface area contributed by atoms with Crippen LogP contribution in [0.3, 0.4) is 0 Å². The quantitative estimate of drug-likeness (QED) is 0.281. The molecule has 0 radical (unpaired) electrons. The molecule has 3 N–H and O–H groups in total. The molecule has 92 valence electrons. The SMILES string of the molecule is CCCNCC([SiH3])(NCCC)NCCC. The maximum absolute atomic E-state index is 3.63. The highest BCUT2D eigenvalue weighted by Crippen LogP contribution is 1.93. The van der Waals surface area contributed by atoms with Crippen molar-refractivity contribution in [3.05, 3.63) is 0 Å². The Morgan fingerprint density at radius 3 is 1.73 bits per heavy atom. The zero-order valence-corrected chi connectivity index (χ0v) is 12.9. The molecule has 0 saturated carbocycles. The zero-order chi connectivity index (χ0) is 11.6. The Morgan fingerprint density at radius 1 is 0.867 bits per heavy atom. The minimum absolute atomic E-state index is 0.182. The lowest BCUT2D eigenvalue weighted by atomic mass is 10.3. The molecule has 0 saturated heterocycles. The van der Waals surface area contributed by atoms with Crippen LogP contribution in [0.1, 0.15) is 40.0 Å². The number of nitrogens with one attached hydrogen (secondary N) is 3. The van der Waals surface area contributed by atoms with Crippen LogP contribution in [0.2, 0.25) is 0 Å². The van der Waals surface area contributed by atoms with Gasteiger partial charge in [-0.1, -0.05) is 20.8 Å². The molecule has 0 atom stereocenters. The van der Waals surface area contributed by atoms with E-state index < -0.39 is 0 Å². The molecule has 0 unspecified atom stereocenters. The molecule has 0 spiro atoms. The smallest absolute Gasteiger partial charge is 0.0596 e. The van der Waals surface area contributed by atoms with Crippen LogP contribution >= 0.6 is 0 Å². The van der Waals surface area contributed by atoms with E-state index in [1.165, 1.54) is 19.3 Å². The summed E-state index contributed by atoms with van der Waals surface area (Å²) < 4.78 is 0. The van der Waals surface area contributed by atoms with Gasteiger partial charge in [-0.05, 0) is 38.9 Å². The van der Waals surface area contributed by atoms with Crippen LogP contribution < -0.4 is 16.0 Å². The third-order valence-electron chi connectivity index (χ3n) is 2.44. The first-order chi connectivity index (χ1) is 7.18. The van der Waals surface area contributed by atoms with Crippen molar-refractivity contribution in [3.8, 4) is 0 Å². The van der Waals surface area contributed by atoms with Gasteiger partial charge in [0, 0.05) is 16.8 Å². The van der Waals surface area contributed by atoms with Gasteiger partial charge in [0.15, 0.2) is 0 Å². The summed E-state index contributed by atoms with van der Waals surface area (Å²) in [5, 5.41) is 10.9. The van der Waals surface area contributed by atoms with Crippen molar-refractivity contribution >= 4 is 10.2 Å². The number of hydrogen-bond acceptors (Lipinski definition) is 3. The van der Waals surface area contributed by atoms with Gasteiger partial charge >= 0.3 is 0 Å². The fourth-order valence-electron chi connectivity index (χ4n) is 1.50. The molecule has 0 rings (SSSR count). The van der Waals surface area contributed by atoms with Gasteiger partial charge in [0.2, 0.25) is 0 Å². The van der Waals surface area contributed by atoms with Crippen LogP contribution in [-0.2, 0) is 0 Å². The van der Waals surface area contributed by atoms with Gasteiger partial charge < -0.3 is 16.0 Å². The van der Waals surface area contributed by atoms with Crippen molar-refractivity contribution < 1.29 is 0 Å². The molecule has 0 aromatic heterocycles. The lowest BCUT2D eigenvalue weighted by molar-refractivity contribution is 0.352. The predicted molar refractivity (Wildman–Crippen MR) is 72.4 cm³/mol. The minimum atomic E-state index is 0.182. The van der Waals surface area contributed by atoms with Crippen molar-refractivity contribution in [2.45, 2.75) is 45.3 Å². The van der Waals surface area contributed by atoms with Crippen molar-refractivity contribution in [1.82, 2.24) is 16.0 Å². The standard InChI is InChI=1S/C11H29N3Si/c1-4-7-12-10-11(15,13-8-5-2)14-9-6-3/h12-14H,4-10H2,1-3,15H3. The van der Waals surface area contributed by atoms with E-state index >= 15 is 0 Å². The maximum atomic E-state index is 3.63. The largest absolute Gasteiger partial charge is 0.314 e. The molecule has 4 heteroatoms. The summed E-state index contributed by atoms with van der Waals surface area (Å²) in [6, 6.07) is 0. The van der Waals surface area contributed by atoms with Gasteiger partial charge in [0.1, 0.15) is 0 Å². The Kier molecular flexibility index (Phi) is 9.39. The van der Waals surface area contributed by atoms with Gasteiger partial charge in [0.05, 0.1) is 5.29 Å². The molecule has 0 fully saturated rings. The average molecular weight is 231 g/mol. The van der Waals surface area contributed by atoms with Gasteiger partial charge in [0.25, 0.3) is 0 Å². The van der Waals surface area contributed by atoms with Crippen molar-refractivity contribution in [2.75, 3.05) is 26.2 Å². The summed E-state index contributed by atoms with van der Waals surface area (Å²) in [5.41, 5.74) is 0. The Balaban J connectivity index is 3.89. The van der Waals surface area contributed by atoms with E-state index in [1.807, 2.05) is 0 Å². The fourth-order valence-corrected chi connectivity index (χ4v) is 2.25. The zero-order valence-electron chi connectivity index (χ0n) is 10.9. The second-order valence-electron chi connectivity index (χ2n) is 4.36. The van der Waals surface area contributed by atoms with E-state index in [-0.39, 0.29) is 5.29 Å². The monoisotopic (exact) mass is 231 g/mol. The van der Waals surface area contributed by atoms with Crippen LogP contribution in [0.15, 0.2) is 0 Å². The van der Waals surface area contributed by atoms with Crippen molar-refractivity contribution in [3.63, 3.8) is 0 Å². The lowest BCUT2D eigenvalue weighted by Gasteiger charge is -2.33. The molecule has 0 aliphatic heterocycles. The summed E-state index contributed by atoms with van der Waals surface area (Å²) in [7, 11) is 1.13. The summed E-state index contributed by atoms with van der Waals surface area (Å²) in [6.45, 7) is 11.0. The molecule has 0 amide bonds.